The molecule has 0 nitrogen and oxygen atoms in total. The highest BCUT2D eigenvalue weighted by Gasteiger charge is 2.39. The van der Waals surface area contributed by atoms with Crippen molar-refractivity contribution in [2.45, 2.75) is 40.0 Å². The molecule has 0 aromatic carbocycles. The molecule has 0 heterocycles. The summed E-state index contributed by atoms with van der Waals surface area (Å²) in [7, 11) is 0. The highest BCUT2D eigenvalue weighted by molar-refractivity contribution is 5.50. The van der Waals surface area contributed by atoms with Crippen molar-refractivity contribution >= 4 is 0 Å². The van der Waals surface area contributed by atoms with Gasteiger partial charge in [-0.25, -0.2) is 0 Å². The maximum atomic E-state index is 4.32. The average molecular weight is 292 g/mol. The number of rotatable bonds is 3. The van der Waals surface area contributed by atoms with Gasteiger partial charge in [-0.1, -0.05) is 75.5 Å². The van der Waals surface area contributed by atoms with Gasteiger partial charge in [0.05, 0.1) is 0 Å². The number of hydrogen-bond acceptors (Lipinski definition) is 0. The van der Waals surface area contributed by atoms with Crippen LogP contribution >= 0.6 is 0 Å². The van der Waals surface area contributed by atoms with E-state index in [0.717, 1.165) is 12.3 Å². The van der Waals surface area contributed by atoms with Crippen LogP contribution in [0.5, 0.6) is 0 Å². The molecule has 0 N–H and O–H groups in total. The van der Waals surface area contributed by atoms with Crippen LogP contribution in [0.1, 0.15) is 40.0 Å². The van der Waals surface area contributed by atoms with Crippen LogP contribution in [0.25, 0.3) is 0 Å². The van der Waals surface area contributed by atoms with E-state index in [1.54, 1.807) is 11.1 Å². The van der Waals surface area contributed by atoms with Gasteiger partial charge in [0, 0.05) is 0 Å². The fourth-order valence-electron chi connectivity index (χ4n) is 4.29. The second kappa shape index (κ2) is 6.28. The zero-order valence-electron chi connectivity index (χ0n) is 14.2. The Morgan fingerprint density at radius 3 is 2.77 bits per heavy atom. The van der Waals surface area contributed by atoms with E-state index in [2.05, 4.69) is 69.9 Å². The molecular weight excluding hydrogens is 264 g/mol. The van der Waals surface area contributed by atoms with E-state index in [4.69, 9.17) is 0 Å². The monoisotopic (exact) mass is 292 g/mol. The molecule has 0 saturated heterocycles. The maximum absolute atomic E-state index is 4.32. The molecular formula is C22H28. The van der Waals surface area contributed by atoms with E-state index in [1.807, 2.05) is 0 Å². The molecule has 0 aromatic rings. The Kier molecular flexibility index (Phi) is 4.38. The Bertz CT molecular complexity index is 606. The van der Waals surface area contributed by atoms with Gasteiger partial charge in [-0.3, -0.25) is 0 Å². The van der Waals surface area contributed by atoms with E-state index < -0.39 is 0 Å². The summed E-state index contributed by atoms with van der Waals surface area (Å²) in [6, 6.07) is 0. The van der Waals surface area contributed by atoms with E-state index in [1.165, 1.54) is 24.0 Å². The van der Waals surface area contributed by atoms with Crippen molar-refractivity contribution in [2.75, 3.05) is 0 Å². The first-order valence-electron chi connectivity index (χ1n) is 8.77. The molecule has 116 valence electrons. The Balaban J connectivity index is 1.91. The summed E-state index contributed by atoms with van der Waals surface area (Å²) in [5.41, 5.74) is 5.91. The predicted octanol–water partition coefficient (Wildman–Crippen LogP) is 6.17. The van der Waals surface area contributed by atoms with Crippen molar-refractivity contribution in [3.8, 4) is 0 Å². The minimum Gasteiger partial charge on any atom is -0.0956 e. The van der Waals surface area contributed by atoms with E-state index in [-0.39, 0.29) is 0 Å². The van der Waals surface area contributed by atoms with Crippen LogP contribution in [0, 0.1) is 23.7 Å². The quantitative estimate of drug-likeness (QED) is 0.583. The van der Waals surface area contributed by atoms with Crippen LogP contribution < -0.4 is 0 Å². The first-order chi connectivity index (χ1) is 10.6. The van der Waals surface area contributed by atoms with Crippen molar-refractivity contribution < 1.29 is 0 Å². The molecule has 0 spiro atoms. The lowest BCUT2D eigenvalue weighted by atomic mass is 9.69. The third-order valence-electron chi connectivity index (χ3n) is 5.52. The summed E-state index contributed by atoms with van der Waals surface area (Å²) in [5, 5.41) is 0. The van der Waals surface area contributed by atoms with Gasteiger partial charge in [0.1, 0.15) is 0 Å². The third-order valence-corrected chi connectivity index (χ3v) is 5.52. The van der Waals surface area contributed by atoms with Crippen LogP contribution in [0.3, 0.4) is 0 Å². The Morgan fingerprint density at radius 1 is 1.18 bits per heavy atom. The van der Waals surface area contributed by atoms with Gasteiger partial charge in [-0.15, -0.1) is 0 Å². The molecule has 0 fully saturated rings. The molecule has 3 aliphatic carbocycles. The van der Waals surface area contributed by atoms with Crippen molar-refractivity contribution in [3.63, 3.8) is 0 Å². The van der Waals surface area contributed by atoms with Crippen molar-refractivity contribution in [2.24, 2.45) is 23.7 Å². The molecule has 3 rings (SSSR count). The molecule has 0 bridgehead atoms. The third kappa shape index (κ3) is 2.72. The van der Waals surface area contributed by atoms with Crippen LogP contribution in [0.15, 0.2) is 71.4 Å². The van der Waals surface area contributed by atoms with Crippen molar-refractivity contribution in [1.82, 2.24) is 0 Å². The van der Waals surface area contributed by atoms with Crippen LogP contribution in [0.2, 0.25) is 0 Å². The molecule has 0 aliphatic heterocycles. The summed E-state index contributed by atoms with van der Waals surface area (Å²) in [5.74, 6) is 2.58. The predicted molar refractivity (Wildman–Crippen MR) is 96.5 cm³/mol. The normalized spacial score (nSPS) is 33.7. The Morgan fingerprint density at radius 2 is 2.00 bits per heavy atom. The van der Waals surface area contributed by atoms with Gasteiger partial charge >= 0.3 is 0 Å². The van der Waals surface area contributed by atoms with Crippen molar-refractivity contribution in [1.29, 1.82) is 0 Å². The summed E-state index contributed by atoms with van der Waals surface area (Å²) < 4.78 is 0. The summed E-state index contributed by atoms with van der Waals surface area (Å²) >= 11 is 0. The van der Waals surface area contributed by atoms with Gasteiger partial charge in [0.2, 0.25) is 0 Å². The summed E-state index contributed by atoms with van der Waals surface area (Å²) in [6.45, 7) is 11.2. The standard InChI is InChI=1S/C22H28/c1-5-16(3)19-11-10-17(4)22-20(12-13-21(19)22)18-9-7-6-8-15(2)14-18/h6-9,11-12,14-15,17,21-22H,3,5,10,13H2,1-2,4H3. The molecule has 0 aromatic heterocycles. The van der Waals surface area contributed by atoms with Crippen LogP contribution in [-0.4, -0.2) is 0 Å². The lowest BCUT2D eigenvalue weighted by molar-refractivity contribution is 0.321. The molecule has 0 radical (unpaired) electrons. The topological polar surface area (TPSA) is 0 Å². The van der Waals surface area contributed by atoms with E-state index in [9.17, 15) is 0 Å². The summed E-state index contributed by atoms with van der Waals surface area (Å²) in [6.07, 6.45) is 19.8. The van der Waals surface area contributed by atoms with Crippen molar-refractivity contribution in [3.05, 3.63) is 71.4 Å². The highest BCUT2D eigenvalue weighted by atomic mass is 14.4. The van der Waals surface area contributed by atoms with Gasteiger partial charge < -0.3 is 0 Å². The first kappa shape index (κ1) is 15.3. The Hall–Kier alpha value is -1.56. The molecule has 4 atom stereocenters. The Labute approximate surface area is 135 Å². The van der Waals surface area contributed by atoms with Gasteiger partial charge in [0.15, 0.2) is 0 Å². The molecule has 4 unspecified atom stereocenters. The number of fused-ring (bicyclic) bond motifs is 1. The molecule has 0 heteroatoms. The number of allylic oxidation sites excluding steroid dienone is 11. The minimum atomic E-state index is 0.518. The minimum absolute atomic E-state index is 0.518. The van der Waals surface area contributed by atoms with Gasteiger partial charge in [-0.2, -0.15) is 0 Å². The lowest BCUT2D eigenvalue weighted by Gasteiger charge is -2.35. The zero-order chi connectivity index (χ0) is 15.7. The second-order valence-electron chi connectivity index (χ2n) is 7.08. The largest absolute Gasteiger partial charge is 0.0956 e. The molecule has 0 saturated carbocycles. The zero-order valence-corrected chi connectivity index (χ0v) is 14.2. The van der Waals surface area contributed by atoms with E-state index in [0.29, 0.717) is 17.8 Å². The fraction of sp³-hybridized carbons (Fsp3) is 0.455. The summed E-state index contributed by atoms with van der Waals surface area (Å²) in [4.78, 5) is 0. The smallest absolute Gasteiger partial charge is 0.00562 e. The van der Waals surface area contributed by atoms with Gasteiger partial charge in [-0.05, 0) is 59.7 Å². The average Bonchev–Trinajstić information content (AvgIpc) is 2.85. The lowest BCUT2D eigenvalue weighted by Crippen LogP contribution is -2.26. The van der Waals surface area contributed by atoms with Crippen LogP contribution in [0.4, 0.5) is 0 Å². The highest BCUT2D eigenvalue weighted by Crippen LogP contribution is 2.50. The number of hydrogen-bond donors (Lipinski definition) is 0. The molecule has 3 aliphatic rings. The fourth-order valence-corrected chi connectivity index (χ4v) is 4.29. The SMILES string of the molecule is C=C(CC)C1=CCC(C)C2C(C3=CC(C)C=CC=C3)=CCC12. The van der Waals surface area contributed by atoms with Gasteiger partial charge in [0.25, 0.3) is 0 Å². The van der Waals surface area contributed by atoms with E-state index >= 15 is 0 Å². The molecule has 22 heavy (non-hydrogen) atoms. The first-order valence-corrected chi connectivity index (χ1v) is 8.77. The van der Waals surface area contributed by atoms with Crippen LogP contribution in [-0.2, 0) is 0 Å². The maximum Gasteiger partial charge on any atom is -0.00562 e. The molecule has 0 amide bonds. The second-order valence-corrected chi connectivity index (χ2v) is 7.08.